The lowest BCUT2D eigenvalue weighted by Gasteiger charge is -2.23. The number of halogens is 3. The lowest BCUT2D eigenvalue weighted by atomic mass is 10.1. The first-order chi connectivity index (χ1) is 17.5. The third kappa shape index (κ3) is 11.0. The fraction of sp³-hybridized carbons (Fsp3) is 0.462. The Morgan fingerprint density at radius 3 is 2.22 bits per heavy atom. The molecule has 0 spiro atoms. The number of benzene rings is 2. The monoisotopic (exact) mass is 527 g/mol. The van der Waals surface area contributed by atoms with E-state index in [2.05, 4.69) is 4.74 Å². The summed E-state index contributed by atoms with van der Waals surface area (Å²) >= 11 is 0. The Hall–Kier alpha value is -3.47. The Balaban J connectivity index is 1.99. The Morgan fingerprint density at radius 1 is 1.00 bits per heavy atom. The number of carboxylic acid groups (broad SMARTS) is 1. The van der Waals surface area contributed by atoms with E-state index < -0.39 is 30.3 Å². The van der Waals surface area contributed by atoms with Gasteiger partial charge in [0, 0.05) is 19.6 Å². The maximum Gasteiger partial charge on any atom is 0.573 e. The molecule has 0 aliphatic rings. The normalized spacial score (nSPS) is 12.2. The summed E-state index contributed by atoms with van der Waals surface area (Å²) in [6, 6.07) is 11.9. The van der Waals surface area contributed by atoms with Crippen LogP contribution in [-0.2, 0) is 16.0 Å². The summed E-state index contributed by atoms with van der Waals surface area (Å²) in [6.07, 6.45) is -5.84. The quantitative estimate of drug-likeness (QED) is 0.345. The van der Waals surface area contributed by atoms with Gasteiger partial charge in [-0.25, -0.2) is 9.59 Å². The molecule has 1 N–H and O–H groups in total. The number of hydrogen-bond donors (Lipinski definition) is 1. The van der Waals surface area contributed by atoms with E-state index in [1.807, 2.05) is 13.8 Å². The molecule has 8 nitrogen and oxygen atoms in total. The molecule has 1 amide bonds. The first-order valence-electron chi connectivity index (χ1n) is 11.9. The molecule has 0 saturated carbocycles. The van der Waals surface area contributed by atoms with Crippen LogP contribution in [0.3, 0.4) is 0 Å². The minimum absolute atomic E-state index is 0.101. The fourth-order valence-electron chi connectivity index (χ4n) is 3.24. The first kappa shape index (κ1) is 29.8. The zero-order chi connectivity index (χ0) is 27.4. The van der Waals surface area contributed by atoms with Gasteiger partial charge < -0.3 is 29.0 Å². The lowest BCUT2D eigenvalue weighted by molar-refractivity contribution is -0.275. The van der Waals surface area contributed by atoms with Gasteiger partial charge in [-0.1, -0.05) is 38.1 Å². The maximum absolute atomic E-state index is 12.8. The molecule has 37 heavy (non-hydrogen) atoms. The number of aliphatic carboxylic acids is 1. The molecule has 0 aliphatic carbocycles. The van der Waals surface area contributed by atoms with E-state index in [9.17, 15) is 27.9 Å². The summed E-state index contributed by atoms with van der Waals surface area (Å²) < 4.78 is 58.2. The molecular weight excluding hydrogens is 495 g/mol. The predicted molar refractivity (Wildman–Crippen MR) is 129 cm³/mol. The minimum atomic E-state index is -4.93. The zero-order valence-electron chi connectivity index (χ0n) is 21.0. The molecule has 0 aromatic heterocycles. The van der Waals surface area contributed by atoms with E-state index in [0.29, 0.717) is 18.7 Å². The van der Waals surface area contributed by atoms with Gasteiger partial charge in [0.25, 0.3) is 0 Å². The number of carboxylic acids is 1. The van der Waals surface area contributed by atoms with E-state index in [1.54, 1.807) is 31.2 Å². The van der Waals surface area contributed by atoms with E-state index in [4.69, 9.17) is 14.2 Å². The van der Waals surface area contributed by atoms with E-state index in [-0.39, 0.29) is 37.8 Å². The Morgan fingerprint density at radius 2 is 1.65 bits per heavy atom. The minimum Gasteiger partial charge on any atom is -0.492 e. The van der Waals surface area contributed by atoms with Gasteiger partial charge >= 0.3 is 18.4 Å². The van der Waals surface area contributed by atoms with Crippen LogP contribution < -0.4 is 14.2 Å². The second kappa shape index (κ2) is 14.3. The molecule has 0 radical (unpaired) electrons. The molecule has 1 atom stereocenters. The Bertz CT molecular complexity index is 996. The predicted octanol–water partition coefficient (Wildman–Crippen LogP) is 5.54. The molecule has 1 unspecified atom stereocenters. The zero-order valence-corrected chi connectivity index (χ0v) is 21.0. The standard InChI is InChI=1S/C26H32F3NO7/c1-4-34-23(24(31)32)17-19-9-11-20(12-10-19)35-16-15-30(14-13-18(2)3)25(33)36-21-7-5-6-8-22(21)37-26(27,28)29/h5-12,18,23H,4,13-17H2,1-3H3,(H,31,32). The van der Waals surface area contributed by atoms with Gasteiger partial charge in [-0.2, -0.15) is 0 Å². The van der Waals surface area contributed by atoms with Crippen LogP contribution in [0.4, 0.5) is 18.0 Å². The van der Waals surface area contributed by atoms with Crippen molar-refractivity contribution < 1.29 is 46.8 Å². The van der Waals surface area contributed by atoms with Crippen molar-refractivity contribution in [3.63, 3.8) is 0 Å². The average molecular weight is 528 g/mol. The highest BCUT2D eigenvalue weighted by Crippen LogP contribution is 2.32. The Labute approximate surface area is 213 Å². The largest absolute Gasteiger partial charge is 0.573 e. The molecule has 2 aromatic carbocycles. The van der Waals surface area contributed by atoms with Crippen LogP contribution in [0.5, 0.6) is 17.2 Å². The smallest absolute Gasteiger partial charge is 0.492 e. The Kier molecular flexibility index (Phi) is 11.5. The van der Waals surface area contributed by atoms with Crippen LogP contribution in [0.25, 0.3) is 0 Å². The first-order valence-corrected chi connectivity index (χ1v) is 11.9. The number of hydrogen-bond acceptors (Lipinski definition) is 6. The van der Waals surface area contributed by atoms with Gasteiger partial charge in [0.2, 0.25) is 0 Å². The highest BCUT2D eigenvalue weighted by atomic mass is 19.4. The summed E-state index contributed by atoms with van der Waals surface area (Å²) in [6.45, 7) is 6.51. The third-order valence-corrected chi connectivity index (χ3v) is 5.12. The number of carbonyl (C=O) groups excluding carboxylic acids is 1. The summed E-state index contributed by atoms with van der Waals surface area (Å²) in [5.41, 5.74) is 0.759. The number of nitrogens with zero attached hydrogens (tertiary/aromatic N) is 1. The van der Waals surface area contributed by atoms with Gasteiger partial charge in [-0.05, 0) is 49.1 Å². The van der Waals surface area contributed by atoms with Crippen molar-refractivity contribution in [3.05, 3.63) is 54.1 Å². The molecule has 0 bridgehead atoms. The molecule has 11 heteroatoms. The number of carbonyl (C=O) groups is 2. The summed E-state index contributed by atoms with van der Waals surface area (Å²) in [5.74, 6) is -1.22. The van der Waals surface area contributed by atoms with Crippen LogP contribution in [0.1, 0.15) is 32.8 Å². The number of ether oxygens (including phenoxy) is 4. The SMILES string of the molecule is CCOC(Cc1ccc(OCCN(CCC(C)C)C(=O)Oc2ccccc2OC(F)(F)F)cc1)C(=O)O. The molecule has 204 valence electrons. The van der Waals surface area contributed by atoms with Crippen LogP contribution in [0.15, 0.2) is 48.5 Å². The summed E-state index contributed by atoms with van der Waals surface area (Å²) in [5, 5.41) is 9.22. The van der Waals surface area contributed by atoms with Crippen LogP contribution in [-0.4, -0.2) is 60.8 Å². The van der Waals surface area contributed by atoms with Crippen LogP contribution >= 0.6 is 0 Å². The number of amides is 1. The van der Waals surface area contributed by atoms with Gasteiger partial charge in [0.05, 0.1) is 6.54 Å². The van der Waals surface area contributed by atoms with Gasteiger partial charge in [-0.15, -0.1) is 13.2 Å². The third-order valence-electron chi connectivity index (χ3n) is 5.12. The molecule has 0 heterocycles. The highest BCUT2D eigenvalue weighted by Gasteiger charge is 2.33. The van der Waals surface area contributed by atoms with Crippen molar-refractivity contribution in [2.45, 2.75) is 46.1 Å². The van der Waals surface area contributed by atoms with E-state index in [1.165, 1.54) is 23.1 Å². The van der Waals surface area contributed by atoms with Crippen molar-refractivity contribution >= 4 is 12.1 Å². The van der Waals surface area contributed by atoms with E-state index in [0.717, 1.165) is 11.6 Å². The van der Waals surface area contributed by atoms with Crippen LogP contribution in [0, 0.1) is 5.92 Å². The van der Waals surface area contributed by atoms with Gasteiger partial charge in [0.1, 0.15) is 12.4 Å². The second-order valence-corrected chi connectivity index (χ2v) is 8.51. The molecule has 0 saturated heterocycles. The lowest BCUT2D eigenvalue weighted by Crippen LogP contribution is -2.38. The van der Waals surface area contributed by atoms with E-state index >= 15 is 0 Å². The fourth-order valence-corrected chi connectivity index (χ4v) is 3.24. The van der Waals surface area contributed by atoms with Crippen molar-refractivity contribution in [3.8, 4) is 17.2 Å². The van der Waals surface area contributed by atoms with Gasteiger partial charge in [0.15, 0.2) is 17.6 Å². The molecular formula is C26H32F3NO7. The highest BCUT2D eigenvalue weighted by molar-refractivity contribution is 5.73. The number of rotatable bonds is 14. The van der Waals surface area contributed by atoms with Crippen molar-refractivity contribution in [2.24, 2.45) is 5.92 Å². The molecule has 2 rings (SSSR count). The number of para-hydroxylation sites is 2. The topological polar surface area (TPSA) is 94.5 Å². The van der Waals surface area contributed by atoms with Crippen molar-refractivity contribution in [1.29, 1.82) is 0 Å². The molecule has 0 aliphatic heterocycles. The molecule has 2 aromatic rings. The van der Waals surface area contributed by atoms with Crippen molar-refractivity contribution in [2.75, 3.05) is 26.3 Å². The van der Waals surface area contributed by atoms with Crippen molar-refractivity contribution in [1.82, 2.24) is 4.90 Å². The average Bonchev–Trinajstić information content (AvgIpc) is 2.82. The summed E-state index contributed by atoms with van der Waals surface area (Å²) in [7, 11) is 0. The second-order valence-electron chi connectivity index (χ2n) is 8.51. The van der Waals surface area contributed by atoms with Crippen LogP contribution in [0.2, 0.25) is 0 Å². The van der Waals surface area contributed by atoms with Gasteiger partial charge in [-0.3, -0.25) is 0 Å². The summed E-state index contributed by atoms with van der Waals surface area (Å²) in [4.78, 5) is 25.4. The number of alkyl halides is 3. The maximum atomic E-state index is 12.8. The molecule has 0 fully saturated rings.